The van der Waals surface area contributed by atoms with Gasteiger partial charge in [-0.2, -0.15) is 4.31 Å². The van der Waals surface area contributed by atoms with Gasteiger partial charge in [0.05, 0.1) is 5.75 Å². The SMILES string of the molecule is CN(CC(=O)O)S(=O)(=O)CC12CCC(CC1)CC2. The van der Waals surface area contributed by atoms with Crippen molar-refractivity contribution in [2.45, 2.75) is 38.5 Å². The minimum Gasteiger partial charge on any atom is -0.480 e. The summed E-state index contributed by atoms with van der Waals surface area (Å²) in [5.41, 5.74) is -0.0830. The largest absolute Gasteiger partial charge is 0.480 e. The number of likely N-dealkylation sites (N-methyl/N-ethyl adjacent to an activating group) is 1. The Morgan fingerprint density at radius 2 is 1.78 bits per heavy atom. The van der Waals surface area contributed by atoms with E-state index in [0.717, 1.165) is 48.7 Å². The molecule has 0 aromatic heterocycles. The van der Waals surface area contributed by atoms with Gasteiger partial charge in [-0.15, -0.1) is 0 Å². The van der Waals surface area contributed by atoms with E-state index in [1.54, 1.807) is 0 Å². The Morgan fingerprint density at radius 3 is 2.22 bits per heavy atom. The first kappa shape index (κ1) is 13.8. The molecule has 18 heavy (non-hydrogen) atoms. The van der Waals surface area contributed by atoms with Crippen molar-refractivity contribution in [1.82, 2.24) is 4.31 Å². The highest BCUT2D eigenvalue weighted by atomic mass is 32.2. The second-order valence-electron chi connectivity index (χ2n) is 5.89. The molecule has 3 aliphatic carbocycles. The summed E-state index contributed by atoms with van der Waals surface area (Å²) in [6.45, 7) is -0.443. The molecule has 0 aromatic carbocycles. The van der Waals surface area contributed by atoms with Crippen LogP contribution in [0.25, 0.3) is 0 Å². The summed E-state index contributed by atoms with van der Waals surface area (Å²) in [5, 5.41) is 8.68. The third-order valence-electron chi connectivity index (χ3n) is 4.57. The number of carbonyl (C=O) groups is 1. The fourth-order valence-electron chi connectivity index (χ4n) is 3.34. The van der Waals surface area contributed by atoms with Crippen LogP contribution in [-0.2, 0) is 14.8 Å². The lowest BCUT2D eigenvalue weighted by Gasteiger charge is -2.46. The third-order valence-corrected chi connectivity index (χ3v) is 6.63. The maximum atomic E-state index is 12.2. The molecule has 1 N–H and O–H groups in total. The third kappa shape index (κ3) is 2.85. The number of nitrogens with zero attached hydrogens (tertiary/aromatic N) is 1. The molecule has 0 amide bonds. The second-order valence-corrected chi connectivity index (χ2v) is 7.96. The average Bonchev–Trinajstić information content (AvgIpc) is 2.29. The molecule has 6 heteroatoms. The summed E-state index contributed by atoms with van der Waals surface area (Å²) in [6, 6.07) is 0. The summed E-state index contributed by atoms with van der Waals surface area (Å²) in [6.07, 6.45) is 6.36. The summed E-state index contributed by atoms with van der Waals surface area (Å²) in [5.74, 6) is -0.187. The van der Waals surface area contributed by atoms with E-state index in [9.17, 15) is 13.2 Å². The molecule has 0 spiro atoms. The van der Waals surface area contributed by atoms with Gasteiger partial charge >= 0.3 is 5.97 Å². The molecule has 2 bridgehead atoms. The maximum Gasteiger partial charge on any atom is 0.318 e. The van der Waals surface area contributed by atoms with E-state index < -0.39 is 22.5 Å². The fraction of sp³-hybridized carbons (Fsp3) is 0.917. The first-order valence-electron chi connectivity index (χ1n) is 6.49. The summed E-state index contributed by atoms with van der Waals surface area (Å²) in [4.78, 5) is 10.6. The highest BCUT2D eigenvalue weighted by Gasteiger charge is 2.44. The molecule has 0 aromatic rings. The Balaban J connectivity index is 2.05. The predicted molar refractivity (Wildman–Crippen MR) is 67.7 cm³/mol. The molecule has 0 radical (unpaired) electrons. The molecular weight excluding hydrogens is 254 g/mol. The molecule has 0 saturated heterocycles. The van der Waals surface area contributed by atoms with Gasteiger partial charge in [0.1, 0.15) is 6.54 Å². The lowest BCUT2D eigenvalue weighted by Crippen LogP contribution is -2.44. The first-order valence-corrected chi connectivity index (χ1v) is 8.10. The van der Waals surface area contributed by atoms with E-state index >= 15 is 0 Å². The lowest BCUT2D eigenvalue weighted by atomic mass is 9.62. The Kier molecular flexibility index (Phi) is 3.69. The molecule has 0 heterocycles. The van der Waals surface area contributed by atoms with Crippen LogP contribution >= 0.6 is 0 Å². The topological polar surface area (TPSA) is 74.7 Å². The van der Waals surface area contributed by atoms with E-state index in [1.165, 1.54) is 7.05 Å². The van der Waals surface area contributed by atoms with Crippen LogP contribution in [0.1, 0.15) is 38.5 Å². The number of carboxylic acid groups (broad SMARTS) is 1. The minimum atomic E-state index is -3.45. The highest BCUT2D eigenvalue weighted by molar-refractivity contribution is 7.89. The van der Waals surface area contributed by atoms with Crippen LogP contribution in [0.15, 0.2) is 0 Å². The number of rotatable bonds is 5. The van der Waals surface area contributed by atoms with E-state index in [1.807, 2.05) is 0 Å². The van der Waals surface area contributed by atoms with E-state index in [4.69, 9.17) is 5.11 Å². The molecule has 3 fully saturated rings. The average molecular weight is 275 g/mol. The van der Waals surface area contributed by atoms with E-state index in [2.05, 4.69) is 0 Å². The van der Waals surface area contributed by atoms with Crippen molar-refractivity contribution in [2.75, 3.05) is 19.3 Å². The quantitative estimate of drug-likeness (QED) is 0.820. The van der Waals surface area contributed by atoms with Crippen LogP contribution in [-0.4, -0.2) is 43.1 Å². The van der Waals surface area contributed by atoms with Crippen molar-refractivity contribution in [1.29, 1.82) is 0 Å². The summed E-state index contributed by atoms with van der Waals surface area (Å²) < 4.78 is 25.3. The van der Waals surface area contributed by atoms with Crippen molar-refractivity contribution in [3.63, 3.8) is 0 Å². The molecule has 5 nitrogen and oxygen atoms in total. The van der Waals surface area contributed by atoms with Gasteiger partial charge in [-0.25, -0.2) is 8.42 Å². The number of sulfonamides is 1. The molecule has 104 valence electrons. The van der Waals surface area contributed by atoms with E-state index in [0.29, 0.717) is 0 Å². The van der Waals surface area contributed by atoms with Crippen molar-refractivity contribution in [2.24, 2.45) is 11.3 Å². The standard InChI is InChI=1S/C12H21NO4S/c1-13(8-11(14)15)18(16,17)9-12-5-2-10(3-6-12)4-7-12/h10H,2-9H2,1H3,(H,14,15). The molecule has 3 saturated carbocycles. The summed E-state index contributed by atoms with van der Waals surface area (Å²) >= 11 is 0. The number of carboxylic acids is 1. The van der Waals surface area contributed by atoms with Crippen molar-refractivity contribution in [3.05, 3.63) is 0 Å². The second kappa shape index (κ2) is 4.81. The number of hydrogen-bond donors (Lipinski definition) is 1. The zero-order valence-corrected chi connectivity index (χ0v) is 11.6. The van der Waals surface area contributed by atoms with Crippen molar-refractivity contribution in [3.8, 4) is 0 Å². The number of aliphatic carboxylic acids is 1. The highest BCUT2D eigenvalue weighted by Crippen LogP contribution is 2.50. The first-order chi connectivity index (χ1) is 8.33. The smallest absolute Gasteiger partial charge is 0.318 e. The van der Waals surface area contributed by atoms with Gasteiger partial charge in [0.15, 0.2) is 0 Å². The van der Waals surface area contributed by atoms with Gasteiger partial charge in [-0.3, -0.25) is 4.79 Å². The Bertz CT molecular complexity index is 410. The zero-order valence-electron chi connectivity index (χ0n) is 10.8. The van der Waals surface area contributed by atoms with Crippen LogP contribution in [0.5, 0.6) is 0 Å². The van der Waals surface area contributed by atoms with Gasteiger partial charge < -0.3 is 5.11 Å². The minimum absolute atomic E-state index is 0.0830. The molecule has 3 aliphatic rings. The summed E-state index contributed by atoms with van der Waals surface area (Å²) in [7, 11) is -2.09. The number of hydrogen-bond acceptors (Lipinski definition) is 3. The number of fused-ring (bicyclic) bond motifs is 3. The molecular formula is C12H21NO4S. The fourth-order valence-corrected chi connectivity index (χ4v) is 5.08. The van der Waals surface area contributed by atoms with Crippen molar-refractivity contribution < 1.29 is 18.3 Å². The molecule has 0 aliphatic heterocycles. The predicted octanol–water partition coefficient (Wildman–Crippen LogP) is 1.30. The molecule has 0 unspecified atom stereocenters. The Morgan fingerprint density at radius 1 is 1.28 bits per heavy atom. The van der Waals surface area contributed by atoms with Gasteiger partial charge in [0, 0.05) is 7.05 Å². The monoisotopic (exact) mass is 275 g/mol. The van der Waals surface area contributed by atoms with Gasteiger partial charge in [0.25, 0.3) is 0 Å². The van der Waals surface area contributed by atoms with Crippen LogP contribution in [0.3, 0.4) is 0 Å². The van der Waals surface area contributed by atoms with Gasteiger partial charge in [0.2, 0.25) is 10.0 Å². The van der Waals surface area contributed by atoms with Crippen molar-refractivity contribution >= 4 is 16.0 Å². The Labute approximate surface area is 108 Å². The zero-order chi connectivity index (χ0) is 13.4. The Hall–Kier alpha value is -0.620. The lowest BCUT2D eigenvalue weighted by molar-refractivity contribution is -0.137. The van der Waals surface area contributed by atoms with Crippen LogP contribution in [0.2, 0.25) is 0 Å². The maximum absolute atomic E-state index is 12.2. The molecule has 0 atom stereocenters. The molecule has 3 rings (SSSR count). The van der Waals surface area contributed by atoms with Gasteiger partial charge in [-0.05, 0) is 49.9 Å². The van der Waals surface area contributed by atoms with E-state index in [-0.39, 0.29) is 11.2 Å². The van der Waals surface area contributed by atoms with Gasteiger partial charge in [-0.1, -0.05) is 0 Å². The normalized spacial score (nSPS) is 31.8. The van der Waals surface area contributed by atoms with Crippen LogP contribution in [0.4, 0.5) is 0 Å². The van der Waals surface area contributed by atoms with Crippen LogP contribution in [0, 0.1) is 11.3 Å². The van der Waals surface area contributed by atoms with Crippen LogP contribution < -0.4 is 0 Å².